The largest absolute Gasteiger partial charge is 0.493 e. The van der Waals surface area contributed by atoms with Crippen LogP contribution in [0, 0.1) is 5.82 Å². The Kier molecular flexibility index (Phi) is 4.47. The van der Waals surface area contributed by atoms with Crippen LogP contribution in [0.25, 0.3) is 0 Å². The van der Waals surface area contributed by atoms with Gasteiger partial charge in [-0.15, -0.1) is 0 Å². The highest BCUT2D eigenvalue weighted by molar-refractivity contribution is 5.35. The lowest BCUT2D eigenvalue weighted by atomic mass is 10.1. The second-order valence-electron chi connectivity index (χ2n) is 4.28. The van der Waals surface area contributed by atoms with E-state index in [9.17, 15) is 9.50 Å². The molecule has 0 aliphatic carbocycles. The van der Waals surface area contributed by atoms with Crippen LogP contribution in [0.5, 0.6) is 5.75 Å². The number of hydrogen-bond acceptors (Lipinski definition) is 3. The topological polar surface area (TPSA) is 42.4 Å². The van der Waals surface area contributed by atoms with Crippen LogP contribution in [0.15, 0.2) is 42.6 Å². The first kappa shape index (κ1) is 13.5. The summed E-state index contributed by atoms with van der Waals surface area (Å²) in [5, 5.41) is 9.59. The van der Waals surface area contributed by atoms with Gasteiger partial charge in [-0.05, 0) is 37.3 Å². The van der Waals surface area contributed by atoms with Crippen LogP contribution in [0.4, 0.5) is 4.39 Å². The summed E-state index contributed by atoms with van der Waals surface area (Å²) in [6, 6.07) is 9.85. The predicted molar refractivity (Wildman–Crippen MR) is 70.5 cm³/mol. The Morgan fingerprint density at radius 3 is 2.84 bits per heavy atom. The monoisotopic (exact) mass is 261 g/mol. The summed E-state index contributed by atoms with van der Waals surface area (Å²) in [5.41, 5.74) is 1.39. The molecule has 2 aromatic rings. The fraction of sp³-hybridized carbons (Fsp3) is 0.267. The molecule has 0 bridgehead atoms. The van der Waals surface area contributed by atoms with Gasteiger partial charge in [-0.3, -0.25) is 4.98 Å². The maximum Gasteiger partial charge on any atom is 0.125 e. The number of aliphatic hydroxyl groups is 1. The minimum atomic E-state index is -0.763. The summed E-state index contributed by atoms with van der Waals surface area (Å²) < 4.78 is 18.7. The molecule has 4 heteroatoms. The van der Waals surface area contributed by atoms with Crippen molar-refractivity contribution in [1.82, 2.24) is 4.98 Å². The van der Waals surface area contributed by atoms with Crippen LogP contribution in [0.1, 0.15) is 24.3 Å². The van der Waals surface area contributed by atoms with Crippen molar-refractivity contribution in [3.05, 3.63) is 59.7 Å². The number of hydrogen-bond donors (Lipinski definition) is 1. The number of halogens is 1. The van der Waals surface area contributed by atoms with Gasteiger partial charge in [0.2, 0.25) is 0 Å². The first-order chi connectivity index (χ1) is 9.16. The van der Waals surface area contributed by atoms with Crippen molar-refractivity contribution >= 4 is 0 Å². The molecule has 0 saturated carbocycles. The highest BCUT2D eigenvalue weighted by Gasteiger charge is 2.10. The molecule has 0 spiro atoms. The summed E-state index contributed by atoms with van der Waals surface area (Å²) >= 11 is 0. The molecular formula is C15H16FNO2. The zero-order valence-electron chi connectivity index (χ0n) is 10.7. The van der Waals surface area contributed by atoms with Crippen LogP contribution >= 0.6 is 0 Å². The lowest BCUT2D eigenvalue weighted by Crippen LogP contribution is -2.06. The molecule has 0 unspecified atom stereocenters. The lowest BCUT2D eigenvalue weighted by molar-refractivity contribution is 0.190. The molecule has 19 heavy (non-hydrogen) atoms. The van der Waals surface area contributed by atoms with E-state index in [-0.39, 0.29) is 5.82 Å². The van der Waals surface area contributed by atoms with E-state index in [1.807, 2.05) is 18.2 Å². The number of benzene rings is 1. The van der Waals surface area contributed by atoms with Crippen molar-refractivity contribution in [2.45, 2.75) is 19.4 Å². The highest BCUT2D eigenvalue weighted by atomic mass is 19.1. The summed E-state index contributed by atoms with van der Waals surface area (Å²) in [6.07, 6.45) is 1.63. The fourth-order valence-electron chi connectivity index (χ4n) is 1.79. The van der Waals surface area contributed by atoms with Crippen molar-refractivity contribution in [3.63, 3.8) is 0 Å². The van der Waals surface area contributed by atoms with Gasteiger partial charge in [0.15, 0.2) is 0 Å². The number of nitrogens with zero attached hydrogens (tertiary/aromatic N) is 1. The van der Waals surface area contributed by atoms with Gasteiger partial charge in [0.1, 0.15) is 11.6 Å². The minimum absolute atomic E-state index is 0.382. The predicted octanol–water partition coefficient (Wildman–Crippen LogP) is 2.90. The van der Waals surface area contributed by atoms with Gasteiger partial charge < -0.3 is 9.84 Å². The van der Waals surface area contributed by atoms with E-state index in [2.05, 4.69) is 4.98 Å². The van der Waals surface area contributed by atoms with Gasteiger partial charge in [-0.25, -0.2) is 4.39 Å². The van der Waals surface area contributed by atoms with Gasteiger partial charge >= 0.3 is 0 Å². The molecule has 0 radical (unpaired) electrons. The van der Waals surface area contributed by atoms with Crippen LogP contribution in [0.2, 0.25) is 0 Å². The molecule has 1 N–H and O–H groups in total. The maximum atomic E-state index is 13.1. The summed E-state index contributed by atoms with van der Waals surface area (Å²) in [5.74, 6) is 0.125. The SMILES string of the molecule is C[C@H](O)c1cc(F)ccc1OCCc1ccccn1. The number of aliphatic hydroxyl groups excluding tert-OH is 1. The van der Waals surface area contributed by atoms with E-state index in [1.54, 1.807) is 13.1 Å². The summed E-state index contributed by atoms with van der Waals surface area (Å²) in [6.45, 7) is 2.02. The number of ether oxygens (including phenoxy) is 1. The zero-order valence-corrected chi connectivity index (χ0v) is 10.7. The molecular weight excluding hydrogens is 245 g/mol. The Morgan fingerprint density at radius 1 is 1.32 bits per heavy atom. The molecule has 0 aliphatic heterocycles. The van der Waals surface area contributed by atoms with E-state index < -0.39 is 6.10 Å². The van der Waals surface area contributed by atoms with Crippen molar-refractivity contribution in [3.8, 4) is 5.75 Å². The highest BCUT2D eigenvalue weighted by Crippen LogP contribution is 2.26. The van der Waals surface area contributed by atoms with E-state index in [1.165, 1.54) is 18.2 Å². The van der Waals surface area contributed by atoms with Crippen LogP contribution in [0.3, 0.4) is 0 Å². The molecule has 1 atom stereocenters. The molecule has 1 heterocycles. The van der Waals surface area contributed by atoms with Crippen molar-refractivity contribution in [2.75, 3.05) is 6.61 Å². The van der Waals surface area contributed by atoms with Gasteiger partial charge in [-0.2, -0.15) is 0 Å². The molecule has 0 aliphatic rings. The van der Waals surface area contributed by atoms with Gasteiger partial charge in [-0.1, -0.05) is 6.07 Å². The van der Waals surface area contributed by atoms with Crippen molar-refractivity contribution in [1.29, 1.82) is 0 Å². The van der Waals surface area contributed by atoms with Gasteiger partial charge in [0.05, 0.1) is 12.7 Å². The van der Waals surface area contributed by atoms with Crippen molar-refractivity contribution in [2.24, 2.45) is 0 Å². The lowest BCUT2D eigenvalue weighted by Gasteiger charge is -2.13. The van der Waals surface area contributed by atoms with E-state index >= 15 is 0 Å². The summed E-state index contributed by atoms with van der Waals surface area (Å²) in [4.78, 5) is 4.19. The Bertz CT molecular complexity index is 529. The standard InChI is InChI=1S/C15H16FNO2/c1-11(18)14-10-12(16)5-6-15(14)19-9-7-13-4-2-3-8-17-13/h2-6,8,10-11,18H,7,9H2,1H3/t11-/m0/s1. The van der Waals surface area contributed by atoms with E-state index in [4.69, 9.17) is 4.74 Å². The van der Waals surface area contributed by atoms with Crippen LogP contribution in [-0.2, 0) is 6.42 Å². The Hall–Kier alpha value is -1.94. The van der Waals surface area contributed by atoms with Crippen molar-refractivity contribution < 1.29 is 14.2 Å². The molecule has 1 aromatic carbocycles. The normalized spacial score (nSPS) is 12.2. The van der Waals surface area contributed by atoms with Crippen LogP contribution in [-0.4, -0.2) is 16.7 Å². The molecule has 100 valence electrons. The number of aromatic nitrogens is 1. The van der Waals surface area contributed by atoms with Gasteiger partial charge in [0, 0.05) is 23.9 Å². The van der Waals surface area contributed by atoms with Crippen LogP contribution < -0.4 is 4.74 Å². The number of pyridine rings is 1. The average Bonchev–Trinajstić information content (AvgIpc) is 2.41. The molecule has 2 rings (SSSR count). The smallest absolute Gasteiger partial charge is 0.125 e. The summed E-state index contributed by atoms with van der Waals surface area (Å²) in [7, 11) is 0. The second kappa shape index (κ2) is 6.29. The average molecular weight is 261 g/mol. The fourth-order valence-corrected chi connectivity index (χ4v) is 1.79. The first-order valence-corrected chi connectivity index (χ1v) is 6.17. The quantitative estimate of drug-likeness (QED) is 0.899. The molecule has 0 amide bonds. The third kappa shape index (κ3) is 3.76. The van der Waals surface area contributed by atoms with E-state index in [0.717, 1.165) is 5.69 Å². The molecule has 3 nitrogen and oxygen atoms in total. The molecule has 0 saturated heterocycles. The van der Waals surface area contributed by atoms with E-state index in [0.29, 0.717) is 24.3 Å². The second-order valence-corrected chi connectivity index (χ2v) is 4.28. The molecule has 0 fully saturated rings. The number of rotatable bonds is 5. The Labute approximate surface area is 111 Å². The Balaban J connectivity index is 2.00. The Morgan fingerprint density at radius 2 is 2.16 bits per heavy atom. The molecule has 1 aromatic heterocycles. The third-order valence-corrected chi connectivity index (χ3v) is 2.76. The third-order valence-electron chi connectivity index (χ3n) is 2.76. The first-order valence-electron chi connectivity index (χ1n) is 6.17. The minimum Gasteiger partial charge on any atom is -0.493 e. The van der Waals surface area contributed by atoms with Gasteiger partial charge in [0.25, 0.3) is 0 Å². The maximum absolute atomic E-state index is 13.1. The zero-order chi connectivity index (χ0) is 13.7.